The molecule has 0 bridgehead atoms. The van der Waals surface area contributed by atoms with E-state index in [0.717, 1.165) is 28.1 Å². The second-order valence-electron chi connectivity index (χ2n) is 7.02. The van der Waals surface area contributed by atoms with Crippen molar-refractivity contribution >= 4 is 34.6 Å². The number of nitrogens with zero attached hydrogens (tertiary/aromatic N) is 1. The zero-order valence-electron chi connectivity index (χ0n) is 16.7. The van der Waals surface area contributed by atoms with Crippen molar-refractivity contribution < 1.29 is 4.79 Å². The molecule has 0 heterocycles. The summed E-state index contributed by atoms with van der Waals surface area (Å²) >= 11 is 6.51. The lowest BCUT2D eigenvalue weighted by Gasteiger charge is -2.11. The quantitative estimate of drug-likeness (QED) is 0.459. The predicted molar refractivity (Wildman–Crippen MR) is 123 cm³/mol. The van der Waals surface area contributed by atoms with Crippen LogP contribution in [0.3, 0.4) is 0 Å². The summed E-state index contributed by atoms with van der Waals surface area (Å²) in [6.45, 7) is 6.06. The van der Waals surface area contributed by atoms with E-state index >= 15 is 0 Å². The average molecular weight is 403 g/mol. The van der Waals surface area contributed by atoms with E-state index in [-0.39, 0.29) is 5.91 Å². The molecule has 1 N–H and O–H groups in total. The van der Waals surface area contributed by atoms with Gasteiger partial charge in [0.25, 0.3) is 5.91 Å². The number of rotatable bonds is 5. The van der Waals surface area contributed by atoms with Gasteiger partial charge in [-0.1, -0.05) is 53.6 Å². The number of para-hydroxylation sites is 1. The number of amides is 1. The molecular formula is C25H23ClN2O. The summed E-state index contributed by atoms with van der Waals surface area (Å²) in [6, 6.07) is 22.5. The number of benzene rings is 3. The van der Waals surface area contributed by atoms with E-state index in [4.69, 9.17) is 16.6 Å². The lowest BCUT2D eigenvalue weighted by Crippen LogP contribution is -2.12. The van der Waals surface area contributed by atoms with Crippen LogP contribution in [0.15, 0.2) is 89.4 Å². The zero-order valence-corrected chi connectivity index (χ0v) is 17.5. The fourth-order valence-electron chi connectivity index (χ4n) is 2.85. The van der Waals surface area contributed by atoms with Gasteiger partial charge in [0.2, 0.25) is 0 Å². The van der Waals surface area contributed by atoms with Crippen LogP contribution >= 0.6 is 11.6 Å². The Morgan fingerprint density at radius 1 is 0.966 bits per heavy atom. The van der Waals surface area contributed by atoms with Crippen molar-refractivity contribution in [2.24, 2.45) is 4.99 Å². The number of aryl methyl sites for hydroxylation is 1. The van der Waals surface area contributed by atoms with E-state index in [1.54, 1.807) is 24.3 Å². The summed E-state index contributed by atoms with van der Waals surface area (Å²) in [4.78, 5) is 17.4. The lowest BCUT2D eigenvalue weighted by atomic mass is 10.1. The monoisotopic (exact) mass is 402 g/mol. The van der Waals surface area contributed by atoms with Crippen molar-refractivity contribution in [2.45, 2.75) is 20.8 Å². The highest BCUT2D eigenvalue weighted by atomic mass is 35.5. The second-order valence-corrected chi connectivity index (χ2v) is 7.43. The third kappa shape index (κ3) is 5.43. The van der Waals surface area contributed by atoms with Crippen LogP contribution in [0.1, 0.15) is 35.3 Å². The summed E-state index contributed by atoms with van der Waals surface area (Å²) < 4.78 is 0. The molecule has 0 aliphatic rings. The highest BCUT2D eigenvalue weighted by Crippen LogP contribution is 2.26. The molecule has 0 unspecified atom stereocenters. The Bertz CT molecular complexity index is 1080. The maximum Gasteiger partial charge on any atom is 0.255 e. The molecule has 4 heteroatoms. The van der Waals surface area contributed by atoms with Gasteiger partial charge in [-0.2, -0.15) is 0 Å². The first kappa shape index (κ1) is 20.6. The highest BCUT2D eigenvalue weighted by molar-refractivity contribution is 6.35. The Morgan fingerprint density at radius 2 is 1.66 bits per heavy atom. The molecule has 146 valence electrons. The van der Waals surface area contributed by atoms with Gasteiger partial charge in [0, 0.05) is 16.8 Å². The Morgan fingerprint density at radius 3 is 2.34 bits per heavy atom. The van der Waals surface area contributed by atoms with Gasteiger partial charge in [-0.05, 0) is 68.8 Å². The smallest absolute Gasteiger partial charge is 0.255 e. The van der Waals surface area contributed by atoms with Crippen LogP contribution in [-0.4, -0.2) is 11.6 Å². The van der Waals surface area contributed by atoms with Gasteiger partial charge in [0.15, 0.2) is 0 Å². The first-order valence-electron chi connectivity index (χ1n) is 9.39. The topological polar surface area (TPSA) is 41.5 Å². The first-order chi connectivity index (χ1) is 13.9. The van der Waals surface area contributed by atoms with Crippen molar-refractivity contribution in [1.82, 2.24) is 0 Å². The van der Waals surface area contributed by atoms with Crippen molar-refractivity contribution in [1.29, 1.82) is 0 Å². The number of hydrogen-bond donors (Lipinski definition) is 1. The average Bonchev–Trinajstić information content (AvgIpc) is 2.71. The van der Waals surface area contributed by atoms with E-state index in [2.05, 4.69) is 5.32 Å². The van der Waals surface area contributed by atoms with Crippen LogP contribution in [0.5, 0.6) is 0 Å². The number of aliphatic imine (C=N–C) groups is 1. The molecule has 3 rings (SSSR count). The van der Waals surface area contributed by atoms with E-state index in [0.29, 0.717) is 16.3 Å². The highest BCUT2D eigenvalue weighted by Gasteiger charge is 2.11. The fourth-order valence-corrected chi connectivity index (χ4v) is 3.07. The number of allylic oxidation sites excluding steroid dienone is 2. The van der Waals surface area contributed by atoms with Gasteiger partial charge >= 0.3 is 0 Å². The molecule has 3 aromatic rings. The van der Waals surface area contributed by atoms with E-state index in [1.807, 2.05) is 75.4 Å². The van der Waals surface area contributed by atoms with Gasteiger partial charge in [-0.15, -0.1) is 0 Å². The molecule has 1 amide bonds. The van der Waals surface area contributed by atoms with E-state index < -0.39 is 0 Å². The van der Waals surface area contributed by atoms with Gasteiger partial charge in [0.1, 0.15) is 0 Å². The van der Waals surface area contributed by atoms with E-state index in [1.165, 1.54) is 0 Å². The molecule has 0 radical (unpaired) electrons. The van der Waals surface area contributed by atoms with Crippen LogP contribution in [-0.2, 0) is 0 Å². The molecule has 3 aromatic carbocycles. The number of carbonyl (C=O) groups excluding carboxylic acids is 1. The fraction of sp³-hybridized carbons (Fsp3) is 0.120. The Balaban J connectivity index is 2.01. The molecule has 0 aliphatic carbocycles. The molecule has 0 saturated carbocycles. The Hall–Kier alpha value is -3.17. The van der Waals surface area contributed by atoms with Gasteiger partial charge in [-0.3, -0.25) is 4.79 Å². The van der Waals surface area contributed by atoms with Crippen LogP contribution in [0, 0.1) is 6.92 Å². The molecule has 0 aliphatic heterocycles. The van der Waals surface area contributed by atoms with Crippen molar-refractivity contribution in [3.8, 4) is 0 Å². The molecule has 3 nitrogen and oxygen atoms in total. The van der Waals surface area contributed by atoms with Crippen molar-refractivity contribution in [2.75, 3.05) is 5.32 Å². The van der Waals surface area contributed by atoms with Gasteiger partial charge in [0.05, 0.1) is 16.4 Å². The van der Waals surface area contributed by atoms with E-state index in [9.17, 15) is 4.79 Å². The lowest BCUT2D eigenvalue weighted by molar-refractivity contribution is 0.102. The molecule has 0 saturated heterocycles. The van der Waals surface area contributed by atoms with Crippen molar-refractivity contribution in [3.05, 3.63) is 106 Å². The first-order valence-corrected chi connectivity index (χ1v) is 9.77. The maximum absolute atomic E-state index is 12.5. The molecule has 0 atom stereocenters. The largest absolute Gasteiger partial charge is 0.322 e. The minimum atomic E-state index is -0.168. The van der Waals surface area contributed by atoms with Gasteiger partial charge in [-0.25, -0.2) is 4.99 Å². The van der Waals surface area contributed by atoms with Crippen LogP contribution in [0.4, 0.5) is 11.4 Å². The van der Waals surface area contributed by atoms with Gasteiger partial charge < -0.3 is 5.32 Å². The molecular weight excluding hydrogens is 380 g/mol. The van der Waals surface area contributed by atoms with Crippen LogP contribution < -0.4 is 5.32 Å². The van der Waals surface area contributed by atoms with Crippen LogP contribution in [0.25, 0.3) is 0 Å². The molecule has 0 spiro atoms. The molecule has 0 aromatic heterocycles. The zero-order chi connectivity index (χ0) is 20.8. The Labute approximate surface area is 176 Å². The number of hydrogen-bond acceptors (Lipinski definition) is 2. The summed E-state index contributed by atoms with van der Waals surface area (Å²) in [5.74, 6) is -0.168. The SMILES string of the molecule is CC(C)=CC(=Nc1ccccc1C)c1cc(NC(=O)c2ccccc2)ccc1Cl. The third-order valence-electron chi connectivity index (χ3n) is 4.32. The molecule has 0 fully saturated rings. The number of nitrogens with one attached hydrogen (secondary N) is 1. The number of anilines is 1. The number of carbonyl (C=O) groups is 1. The normalized spacial score (nSPS) is 11.1. The number of halogens is 1. The molecule has 29 heavy (non-hydrogen) atoms. The summed E-state index contributed by atoms with van der Waals surface area (Å²) in [6.07, 6.45) is 2.00. The minimum Gasteiger partial charge on any atom is -0.322 e. The summed E-state index contributed by atoms with van der Waals surface area (Å²) in [5, 5.41) is 3.51. The second kappa shape index (κ2) is 9.35. The summed E-state index contributed by atoms with van der Waals surface area (Å²) in [7, 11) is 0. The minimum absolute atomic E-state index is 0.168. The Kier molecular flexibility index (Phi) is 6.63. The third-order valence-corrected chi connectivity index (χ3v) is 4.65. The predicted octanol–water partition coefficient (Wildman–Crippen LogP) is 6.99. The maximum atomic E-state index is 12.5. The van der Waals surface area contributed by atoms with Crippen molar-refractivity contribution in [3.63, 3.8) is 0 Å². The van der Waals surface area contributed by atoms with Crippen LogP contribution in [0.2, 0.25) is 5.02 Å². The summed E-state index contributed by atoms with van der Waals surface area (Å²) in [5.41, 5.74) is 5.85. The standard InChI is InChI=1S/C25H23ClN2O/c1-17(2)15-24(28-23-12-8-7-9-18(23)3)21-16-20(13-14-22(21)26)27-25(29)19-10-5-4-6-11-19/h4-16H,1-3H3,(H,27,29).